The van der Waals surface area contributed by atoms with E-state index in [1.54, 1.807) is 24.3 Å². The van der Waals surface area contributed by atoms with Crippen molar-refractivity contribution < 1.29 is 14.3 Å². The molecule has 0 N–H and O–H groups in total. The van der Waals surface area contributed by atoms with Gasteiger partial charge in [-0.05, 0) is 38.1 Å². The van der Waals surface area contributed by atoms with Crippen LogP contribution in [0.25, 0.3) is 0 Å². The molecule has 0 amide bonds. The summed E-state index contributed by atoms with van der Waals surface area (Å²) in [5, 5.41) is 0. The van der Waals surface area contributed by atoms with Crippen molar-refractivity contribution in [2.45, 2.75) is 33.5 Å². The van der Waals surface area contributed by atoms with E-state index in [0.29, 0.717) is 18.8 Å². The first-order chi connectivity index (χ1) is 7.67. The molecule has 3 heteroatoms. The van der Waals surface area contributed by atoms with E-state index < -0.39 is 0 Å². The van der Waals surface area contributed by atoms with Crippen molar-refractivity contribution >= 4 is 5.78 Å². The number of ether oxygens (including phenoxy) is 2. The summed E-state index contributed by atoms with van der Waals surface area (Å²) >= 11 is 0. The highest BCUT2D eigenvalue weighted by atomic mass is 16.7. The summed E-state index contributed by atoms with van der Waals surface area (Å²) in [6.45, 7) is 6.23. The maximum atomic E-state index is 11.4. The van der Waals surface area contributed by atoms with E-state index in [9.17, 15) is 4.79 Å². The quantitative estimate of drug-likeness (QED) is 0.548. The van der Waals surface area contributed by atoms with Crippen molar-refractivity contribution in [3.63, 3.8) is 0 Å². The van der Waals surface area contributed by atoms with Crippen LogP contribution in [-0.2, 0) is 4.74 Å². The molecule has 16 heavy (non-hydrogen) atoms. The van der Waals surface area contributed by atoms with Crippen LogP contribution in [0.1, 0.15) is 37.6 Å². The SMILES string of the molecule is CCOC(C)Oc1ccc(C(=O)CC)cc1. The van der Waals surface area contributed by atoms with Crippen LogP contribution in [-0.4, -0.2) is 18.7 Å². The molecular formula is C13H18O3. The van der Waals surface area contributed by atoms with Crippen molar-refractivity contribution in [2.75, 3.05) is 6.61 Å². The third-order valence-corrected chi connectivity index (χ3v) is 2.20. The summed E-state index contributed by atoms with van der Waals surface area (Å²) in [4.78, 5) is 11.4. The third-order valence-electron chi connectivity index (χ3n) is 2.20. The topological polar surface area (TPSA) is 35.5 Å². The molecule has 1 unspecified atom stereocenters. The Hall–Kier alpha value is -1.35. The highest BCUT2D eigenvalue weighted by molar-refractivity contribution is 5.95. The lowest BCUT2D eigenvalue weighted by Gasteiger charge is -2.14. The fraction of sp³-hybridized carbons (Fsp3) is 0.462. The first kappa shape index (κ1) is 12.7. The molecule has 0 fully saturated rings. The summed E-state index contributed by atoms with van der Waals surface area (Å²) < 4.78 is 10.7. The summed E-state index contributed by atoms with van der Waals surface area (Å²) in [7, 11) is 0. The molecule has 0 saturated carbocycles. The average Bonchev–Trinajstić information content (AvgIpc) is 2.29. The summed E-state index contributed by atoms with van der Waals surface area (Å²) in [5.41, 5.74) is 0.721. The smallest absolute Gasteiger partial charge is 0.196 e. The summed E-state index contributed by atoms with van der Waals surface area (Å²) in [5.74, 6) is 0.859. The van der Waals surface area contributed by atoms with Crippen molar-refractivity contribution in [1.82, 2.24) is 0 Å². The molecule has 0 spiro atoms. The van der Waals surface area contributed by atoms with Crippen LogP contribution in [0.5, 0.6) is 5.75 Å². The molecule has 3 nitrogen and oxygen atoms in total. The zero-order valence-electron chi connectivity index (χ0n) is 10.0. The van der Waals surface area contributed by atoms with Gasteiger partial charge in [0.2, 0.25) is 0 Å². The Morgan fingerprint density at radius 2 is 1.88 bits per heavy atom. The predicted molar refractivity (Wildman–Crippen MR) is 62.8 cm³/mol. The van der Waals surface area contributed by atoms with Crippen LogP contribution in [0.2, 0.25) is 0 Å². The molecule has 0 saturated heterocycles. The van der Waals surface area contributed by atoms with E-state index in [4.69, 9.17) is 9.47 Å². The minimum atomic E-state index is -0.266. The lowest BCUT2D eigenvalue weighted by molar-refractivity contribution is -0.0613. The molecule has 0 radical (unpaired) electrons. The number of Topliss-reactive ketones (excluding diaryl/α,β-unsaturated/α-hetero) is 1. The van der Waals surface area contributed by atoms with Crippen molar-refractivity contribution in [1.29, 1.82) is 0 Å². The molecule has 1 rings (SSSR count). The third kappa shape index (κ3) is 3.66. The molecule has 1 atom stereocenters. The van der Waals surface area contributed by atoms with E-state index >= 15 is 0 Å². The van der Waals surface area contributed by atoms with Gasteiger partial charge in [0, 0.05) is 18.6 Å². The largest absolute Gasteiger partial charge is 0.465 e. The monoisotopic (exact) mass is 222 g/mol. The van der Waals surface area contributed by atoms with Gasteiger partial charge in [-0.2, -0.15) is 0 Å². The van der Waals surface area contributed by atoms with E-state index in [1.807, 2.05) is 20.8 Å². The van der Waals surface area contributed by atoms with Crippen LogP contribution < -0.4 is 4.74 Å². The van der Waals surface area contributed by atoms with Crippen LogP contribution >= 0.6 is 0 Å². The number of rotatable bonds is 6. The minimum absolute atomic E-state index is 0.143. The predicted octanol–water partition coefficient (Wildman–Crippen LogP) is 3.04. The van der Waals surface area contributed by atoms with Crippen molar-refractivity contribution in [3.05, 3.63) is 29.8 Å². The summed E-state index contributed by atoms with van der Waals surface area (Å²) in [6.07, 6.45) is 0.257. The molecule has 0 aromatic heterocycles. The van der Waals surface area contributed by atoms with Gasteiger partial charge < -0.3 is 9.47 Å². The lowest BCUT2D eigenvalue weighted by atomic mass is 10.1. The standard InChI is InChI=1S/C13H18O3/c1-4-13(14)11-6-8-12(9-7-11)16-10(3)15-5-2/h6-10H,4-5H2,1-3H3. The Morgan fingerprint density at radius 1 is 1.25 bits per heavy atom. The van der Waals surface area contributed by atoms with Gasteiger partial charge in [0.05, 0.1) is 0 Å². The normalized spacial score (nSPS) is 12.2. The van der Waals surface area contributed by atoms with Gasteiger partial charge in [0.1, 0.15) is 5.75 Å². The zero-order valence-corrected chi connectivity index (χ0v) is 10.0. The minimum Gasteiger partial charge on any atom is -0.465 e. The van der Waals surface area contributed by atoms with Crippen LogP contribution in [0.4, 0.5) is 0 Å². The molecule has 0 bridgehead atoms. The Kier molecular flexibility index (Phi) is 4.99. The van der Waals surface area contributed by atoms with E-state index in [2.05, 4.69) is 0 Å². The first-order valence-corrected chi connectivity index (χ1v) is 5.58. The van der Waals surface area contributed by atoms with Crippen LogP contribution in [0.15, 0.2) is 24.3 Å². The van der Waals surface area contributed by atoms with E-state index in [0.717, 1.165) is 5.56 Å². The highest BCUT2D eigenvalue weighted by Gasteiger charge is 2.05. The zero-order chi connectivity index (χ0) is 12.0. The highest BCUT2D eigenvalue weighted by Crippen LogP contribution is 2.15. The maximum Gasteiger partial charge on any atom is 0.196 e. The molecule has 88 valence electrons. The Balaban J connectivity index is 2.61. The van der Waals surface area contributed by atoms with E-state index in [-0.39, 0.29) is 12.1 Å². The van der Waals surface area contributed by atoms with Gasteiger partial charge in [0.15, 0.2) is 12.1 Å². The summed E-state index contributed by atoms with van der Waals surface area (Å²) in [6, 6.07) is 7.14. The molecule has 0 heterocycles. The number of hydrogen-bond donors (Lipinski definition) is 0. The Labute approximate surface area is 96.4 Å². The first-order valence-electron chi connectivity index (χ1n) is 5.58. The van der Waals surface area contributed by atoms with E-state index in [1.165, 1.54) is 0 Å². The van der Waals surface area contributed by atoms with Gasteiger partial charge in [-0.3, -0.25) is 4.79 Å². The number of hydrogen-bond acceptors (Lipinski definition) is 3. The lowest BCUT2D eigenvalue weighted by Crippen LogP contribution is -2.15. The fourth-order valence-electron chi connectivity index (χ4n) is 1.38. The van der Waals surface area contributed by atoms with Gasteiger partial charge in [-0.15, -0.1) is 0 Å². The molecule has 0 aliphatic rings. The van der Waals surface area contributed by atoms with Gasteiger partial charge in [-0.25, -0.2) is 0 Å². The second kappa shape index (κ2) is 6.28. The second-order valence-corrected chi connectivity index (χ2v) is 3.44. The van der Waals surface area contributed by atoms with Crippen LogP contribution in [0.3, 0.4) is 0 Å². The van der Waals surface area contributed by atoms with Crippen molar-refractivity contribution in [2.24, 2.45) is 0 Å². The fourth-order valence-corrected chi connectivity index (χ4v) is 1.38. The number of carbonyl (C=O) groups excluding carboxylic acids is 1. The Bertz CT molecular complexity index is 330. The molecule has 1 aromatic carbocycles. The number of benzene rings is 1. The molecule has 1 aromatic rings. The number of ketones is 1. The van der Waals surface area contributed by atoms with Crippen molar-refractivity contribution in [3.8, 4) is 5.75 Å². The van der Waals surface area contributed by atoms with Gasteiger partial charge in [0.25, 0.3) is 0 Å². The molecule has 0 aliphatic heterocycles. The molecular weight excluding hydrogens is 204 g/mol. The molecule has 0 aliphatic carbocycles. The number of carbonyl (C=O) groups is 1. The average molecular weight is 222 g/mol. The Morgan fingerprint density at radius 3 is 2.38 bits per heavy atom. The second-order valence-electron chi connectivity index (χ2n) is 3.44. The van der Waals surface area contributed by atoms with Gasteiger partial charge in [-0.1, -0.05) is 6.92 Å². The van der Waals surface area contributed by atoms with Gasteiger partial charge >= 0.3 is 0 Å². The van der Waals surface area contributed by atoms with Crippen LogP contribution in [0, 0.1) is 0 Å². The maximum absolute atomic E-state index is 11.4.